The topological polar surface area (TPSA) is 84.5 Å². The van der Waals surface area contributed by atoms with Gasteiger partial charge in [-0.05, 0) is 37.0 Å². The van der Waals surface area contributed by atoms with Crippen LogP contribution >= 0.6 is 0 Å². The molecule has 0 bridgehead atoms. The number of nitrogens with one attached hydrogen (secondary N) is 2. The molecule has 1 rings (SSSR count). The average Bonchev–Trinajstić information content (AvgIpc) is 2.68. The Morgan fingerprint density at radius 3 is 2.48 bits per heavy atom. The number of halogens is 1. The van der Waals surface area contributed by atoms with Gasteiger partial charge in [0.1, 0.15) is 17.9 Å². The lowest BCUT2D eigenvalue weighted by atomic mass is 10.0. The van der Waals surface area contributed by atoms with Crippen molar-refractivity contribution in [1.29, 1.82) is 0 Å². The van der Waals surface area contributed by atoms with Crippen molar-refractivity contribution < 1.29 is 23.5 Å². The number of ether oxygens (including phenoxy) is 1. The lowest BCUT2D eigenvalue weighted by Crippen LogP contribution is -2.52. The molecule has 0 saturated carbocycles. The number of carbonyl (C=O) groups excluding carboxylic acids is 3. The van der Waals surface area contributed by atoms with Crippen LogP contribution in [0.4, 0.5) is 4.39 Å². The van der Waals surface area contributed by atoms with Gasteiger partial charge in [-0.2, -0.15) is 0 Å². The predicted molar refractivity (Wildman–Crippen MR) is 110 cm³/mol. The molecule has 160 valence electrons. The van der Waals surface area contributed by atoms with Gasteiger partial charge in [0.15, 0.2) is 0 Å². The number of allylic oxidation sites excluding steroid dienone is 1. The number of hydrogen-bond acceptors (Lipinski definition) is 4. The summed E-state index contributed by atoms with van der Waals surface area (Å²) >= 11 is 0. The Hall–Kier alpha value is -2.70. The zero-order valence-corrected chi connectivity index (χ0v) is 17.2. The summed E-state index contributed by atoms with van der Waals surface area (Å²) in [5.74, 6) is -1.85. The summed E-state index contributed by atoms with van der Waals surface area (Å²) < 4.78 is 18.2. The number of rotatable bonds is 13. The van der Waals surface area contributed by atoms with Gasteiger partial charge in [-0.25, -0.2) is 9.18 Å². The van der Waals surface area contributed by atoms with E-state index in [0.717, 1.165) is 32.1 Å². The first-order valence-corrected chi connectivity index (χ1v) is 9.88. The van der Waals surface area contributed by atoms with Crippen LogP contribution in [0.2, 0.25) is 0 Å². The van der Waals surface area contributed by atoms with E-state index in [4.69, 9.17) is 4.74 Å². The molecule has 0 aliphatic heterocycles. The van der Waals surface area contributed by atoms with E-state index in [-0.39, 0.29) is 6.42 Å². The van der Waals surface area contributed by atoms with Gasteiger partial charge in [0.25, 0.3) is 0 Å². The van der Waals surface area contributed by atoms with Crippen molar-refractivity contribution >= 4 is 17.8 Å². The van der Waals surface area contributed by atoms with Gasteiger partial charge in [0.05, 0.1) is 7.11 Å². The number of benzene rings is 1. The van der Waals surface area contributed by atoms with Crippen LogP contribution in [-0.2, 0) is 25.5 Å². The second-order valence-corrected chi connectivity index (χ2v) is 6.95. The molecule has 1 aromatic rings. The van der Waals surface area contributed by atoms with Crippen LogP contribution in [0.5, 0.6) is 0 Å². The Bertz CT molecular complexity index is 693. The monoisotopic (exact) mass is 406 g/mol. The van der Waals surface area contributed by atoms with Crippen LogP contribution in [0.1, 0.15) is 51.0 Å². The molecular weight excluding hydrogens is 375 g/mol. The molecule has 0 aliphatic carbocycles. The summed E-state index contributed by atoms with van der Waals surface area (Å²) in [5.41, 5.74) is 0.565. The van der Waals surface area contributed by atoms with Gasteiger partial charge < -0.3 is 15.4 Å². The molecule has 6 nitrogen and oxygen atoms in total. The van der Waals surface area contributed by atoms with Crippen molar-refractivity contribution in [2.24, 2.45) is 0 Å². The average molecular weight is 406 g/mol. The standard InChI is InChI=1S/C22H31FN2O4/c1-4-5-6-7-8-9-13-19(22(28)29-3)25-21(27)20(24-16(2)26)15-17-11-10-12-18(23)14-17/h4,10-12,14,19-20H,1,5-9,13,15H2,2-3H3,(H,24,26)(H,25,27)/t19-,20+/m0/s1. The fourth-order valence-corrected chi connectivity index (χ4v) is 3.01. The summed E-state index contributed by atoms with van der Waals surface area (Å²) in [6.07, 6.45) is 7.12. The first kappa shape index (κ1) is 24.3. The fraction of sp³-hybridized carbons (Fsp3) is 0.500. The van der Waals surface area contributed by atoms with Crippen molar-refractivity contribution in [3.8, 4) is 0 Å². The normalized spacial score (nSPS) is 12.5. The van der Waals surface area contributed by atoms with Crippen LogP contribution < -0.4 is 10.6 Å². The SMILES string of the molecule is C=CCCCCCC[C@H](NC(=O)[C@@H](Cc1cccc(F)c1)NC(C)=O)C(=O)OC. The maximum atomic E-state index is 13.4. The van der Waals surface area contributed by atoms with E-state index >= 15 is 0 Å². The number of methoxy groups -OCH3 is 1. The Morgan fingerprint density at radius 2 is 1.86 bits per heavy atom. The van der Waals surface area contributed by atoms with E-state index < -0.39 is 35.7 Å². The first-order valence-electron chi connectivity index (χ1n) is 9.88. The van der Waals surface area contributed by atoms with Gasteiger partial charge in [0.2, 0.25) is 11.8 Å². The molecule has 0 heterocycles. The van der Waals surface area contributed by atoms with Crippen molar-refractivity contribution in [1.82, 2.24) is 10.6 Å². The molecule has 0 aliphatic rings. The number of hydrogen-bond donors (Lipinski definition) is 2. The maximum absolute atomic E-state index is 13.4. The van der Waals surface area contributed by atoms with Crippen LogP contribution in [0.15, 0.2) is 36.9 Å². The number of amides is 2. The minimum Gasteiger partial charge on any atom is -0.467 e. The van der Waals surface area contributed by atoms with Crippen molar-refractivity contribution in [3.63, 3.8) is 0 Å². The largest absolute Gasteiger partial charge is 0.467 e. The summed E-state index contributed by atoms with van der Waals surface area (Å²) in [5, 5.41) is 5.24. The molecule has 0 aromatic heterocycles. The number of carbonyl (C=O) groups is 3. The highest BCUT2D eigenvalue weighted by atomic mass is 19.1. The van der Waals surface area contributed by atoms with Crippen molar-refractivity contribution in [3.05, 3.63) is 48.3 Å². The van der Waals surface area contributed by atoms with Gasteiger partial charge in [0, 0.05) is 13.3 Å². The number of unbranched alkanes of at least 4 members (excludes halogenated alkanes) is 4. The molecule has 7 heteroatoms. The highest BCUT2D eigenvalue weighted by Crippen LogP contribution is 2.11. The van der Waals surface area contributed by atoms with E-state index in [2.05, 4.69) is 17.2 Å². The van der Waals surface area contributed by atoms with Gasteiger partial charge >= 0.3 is 5.97 Å². The first-order chi connectivity index (χ1) is 13.9. The van der Waals surface area contributed by atoms with Gasteiger partial charge in [-0.3, -0.25) is 9.59 Å². The minimum absolute atomic E-state index is 0.110. The zero-order chi connectivity index (χ0) is 21.6. The third-order valence-electron chi connectivity index (χ3n) is 4.48. The molecule has 2 atom stereocenters. The molecule has 0 spiro atoms. The van der Waals surface area contributed by atoms with E-state index in [1.807, 2.05) is 6.08 Å². The highest BCUT2D eigenvalue weighted by Gasteiger charge is 2.26. The highest BCUT2D eigenvalue weighted by molar-refractivity contribution is 5.90. The Labute approximate surface area is 171 Å². The lowest BCUT2D eigenvalue weighted by molar-refractivity contribution is -0.145. The molecular formula is C22H31FN2O4. The molecule has 1 aromatic carbocycles. The smallest absolute Gasteiger partial charge is 0.328 e. The summed E-state index contributed by atoms with van der Waals surface area (Å²) in [6.45, 7) is 4.98. The molecule has 29 heavy (non-hydrogen) atoms. The van der Waals surface area contributed by atoms with Crippen LogP contribution in [-0.4, -0.2) is 37.0 Å². The Balaban J connectivity index is 2.73. The molecule has 0 fully saturated rings. The second-order valence-electron chi connectivity index (χ2n) is 6.95. The van der Waals surface area contributed by atoms with Crippen molar-refractivity contribution in [2.75, 3.05) is 7.11 Å². The van der Waals surface area contributed by atoms with E-state index in [0.29, 0.717) is 12.0 Å². The predicted octanol–water partition coefficient (Wildman–Crippen LogP) is 3.06. The van der Waals surface area contributed by atoms with Crippen LogP contribution in [0.25, 0.3) is 0 Å². The van der Waals surface area contributed by atoms with Gasteiger partial charge in [-0.15, -0.1) is 6.58 Å². The van der Waals surface area contributed by atoms with E-state index in [9.17, 15) is 18.8 Å². The van der Waals surface area contributed by atoms with Gasteiger partial charge in [-0.1, -0.05) is 37.5 Å². The second kappa shape index (κ2) is 13.5. The quantitative estimate of drug-likeness (QED) is 0.300. The molecule has 2 amide bonds. The third kappa shape index (κ3) is 9.87. The number of esters is 1. The van der Waals surface area contributed by atoms with E-state index in [1.54, 1.807) is 6.07 Å². The molecule has 2 N–H and O–H groups in total. The lowest BCUT2D eigenvalue weighted by Gasteiger charge is -2.22. The Kier molecular flexibility index (Phi) is 11.3. The summed E-state index contributed by atoms with van der Waals surface area (Å²) in [4.78, 5) is 36.3. The fourth-order valence-electron chi connectivity index (χ4n) is 3.01. The maximum Gasteiger partial charge on any atom is 0.328 e. The summed E-state index contributed by atoms with van der Waals surface area (Å²) in [7, 11) is 1.27. The minimum atomic E-state index is -0.922. The molecule has 0 saturated heterocycles. The molecule has 0 radical (unpaired) electrons. The van der Waals surface area contributed by atoms with E-state index in [1.165, 1.54) is 32.2 Å². The van der Waals surface area contributed by atoms with Crippen LogP contribution in [0.3, 0.4) is 0 Å². The van der Waals surface area contributed by atoms with Crippen molar-refractivity contribution in [2.45, 2.75) is 64.0 Å². The van der Waals surface area contributed by atoms with Crippen LogP contribution in [0, 0.1) is 5.82 Å². The Morgan fingerprint density at radius 1 is 1.14 bits per heavy atom. The zero-order valence-electron chi connectivity index (χ0n) is 17.2. The summed E-state index contributed by atoms with van der Waals surface area (Å²) in [6, 6.07) is 4.11. The third-order valence-corrected chi connectivity index (χ3v) is 4.48. The molecule has 0 unspecified atom stereocenters.